The number of phenols is 1. The second-order valence-corrected chi connectivity index (χ2v) is 4.60. The zero-order chi connectivity index (χ0) is 14.4. The summed E-state index contributed by atoms with van der Waals surface area (Å²) >= 11 is 0. The summed E-state index contributed by atoms with van der Waals surface area (Å²) in [6.07, 6.45) is 0.249. The maximum absolute atomic E-state index is 11.9. The van der Waals surface area contributed by atoms with E-state index >= 15 is 0 Å². The van der Waals surface area contributed by atoms with Crippen molar-refractivity contribution in [1.29, 1.82) is 0 Å². The van der Waals surface area contributed by atoms with Crippen molar-refractivity contribution in [1.82, 2.24) is 5.32 Å². The third-order valence-electron chi connectivity index (χ3n) is 3.09. The number of nitrogens with two attached hydrogens (primary N) is 1. The van der Waals surface area contributed by atoms with Gasteiger partial charge in [-0.2, -0.15) is 0 Å². The van der Waals surface area contributed by atoms with Crippen molar-refractivity contribution in [3.63, 3.8) is 0 Å². The van der Waals surface area contributed by atoms with Gasteiger partial charge < -0.3 is 16.2 Å². The fraction of sp³-hybridized carbons (Fsp3) is 0.188. The third-order valence-corrected chi connectivity index (χ3v) is 3.09. The molecule has 0 bridgehead atoms. The van der Waals surface area contributed by atoms with Crippen molar-refractivity contribution in [2.75, 3.05) is 0 Å². The summed E-state index contributed by atoms with van der Waals surface area (Å²) in [7, 11) is 0. The van der Waals surface area contributed by atoms with Gasteiger partial charge in [-0.15, -0.1) is 0 Å². The molecule has 0 aromatic heterocycles. The number of hydrogen-bond donors (Lipinski definition) is 3. The zero-order valence-electron chi connectivity index (χ0n) is 11.2. The standard InChI is InChI=1S/C16H18N2O2/c17-10-13-5-1-2-6-14(13)11-18-16(20)9-12-4-3-7-15(19)8-12/h1-8,19H,9-11,17H2,(H,18,20). The van der Waals surface area contributed by atoms with Crippen molar-refractivity contribution < 1.29 is 9.90 Å². The quantitative estimate of drug-likeness (QED) is 0.774. The Labute approximate surface area is 118 Å². The fourth-order valence-corrected chi connectivity index (χ4v) is 2.04. The normalized spacial score (nSPS) is 10.2. The van der Waals surface area contributed by atoms with Gasteiger partial charge in [0.1, 0.15) is 5.75 Å². The summed E-state index contributed by atoms with van der Waals surface area (Å²) in [4.78, 5) is 11.9. The average Bonchev–Trinajstić information content (AvgIpc) is 2.45. The highest BCUT2D eigenvalue weighted by atomic mass is 16.3. The first-order chi connectivity index (χ1) is 9.69. The monoisotopic (exact) mass is 270 g/mol. The summed E-state index contributed by atoms with van der Waals surface area (Å²) in [5, 5.41) is 12.2. The molecule has 0 atom stereocenters. The highest BCUT2D eigenvalue weighted by Gasteiger charge is 2.05. The fourth-order valence-electron chi connectivity index (χ4n) is 2.04. The van der Waals surface area contributed by atoms with Crippen LogP contribution in [0.4, 0.5) is 0 Å². The number of aromatic hydroxyl groups is 1. The zero-order valence-corrected chi connectivity index (χ0v) is 11.2. The highest BCUT2D eigenvalue weighted by Crippen LogP contribution is 2.11. The minimum absolute atomic E-state index is 0.0811. The van der Waals surface area contributed by atoms with E-state index in [4.69, 9.17) is 5.73 Å². The van der Waals surface area contributed by atoms with E-state index in [1.165, 1.54) is 0 Å². The van der Waals surface area contributed by atoms with Gasteiger partial charge in [-0.25, -0.2) is 0 Å². The molecule has 0 heterocycles. The maximum Gasteiger partial charge on any atom is 0.224 e. The lowest BCUT2D eigenvalue weighted by Gasteiger charge is -2.09. The molecule has 0 spiro atoms. The van der Waals surface area contributed by atoms with Gasteiger partial charge >= 0.3 is 0 Å². The van der Waals surface area contributed by atoms with Gasteiger partial charge in [0, 0.05) is 13.1 Å². The molecule has 104 valence electrons. The first-order valence-electron chi connectivity index (χ1n) is 6.50. The van der Waals surface area contributed by atoms with Gasteiger partial charge in [-0.1, -0.05) is 36.4 Å². The first-order valence-corrected chi connectivity index (χ1v) is 6.50. The molecular formula is C16H18N2O2. The van der Waals surface area contributed by atoms with Crippen molar-refractivity contribution in [3.8, 4) is 5.75 Å². The van der Waals surface area contributed by atoms with Crippen LogP contribution in [0.1, 0.15) is 16.7 Å². The Morgan fingerprint density at radius 2 is 1.85 bits per heavy atom. The Hall–Kier alpha value is -2.33. The predicted octanol–water partition coefficient (Wildman–Crippen LogP) is 1.71. The predicted molar refractivity (Wildman–Crippen MR) is 78.0 cm³/mol. The van der Waals surface area contributed by atoms with Crippen molar-refractivity contribution in [2.24, 2.45) is 5.73 Å². The van der Waals surface area contributed by atoms with Crippen LogP contribution < -0.4 is 11.1 Å². The van der Waals surface area contributed by atoms with Crippen LogP contribution in [0.5, 0.6) is 5.75 Å². The summed E-state index contributed by atoms with van der Waals surface area (Å²) in [6.45, 7) is 0.920. The molecule has 1 amide bonds. The van der Waals surface area contributed by atoms with Crippen molar-refractivity contribution in [2.45, 2.75) is 19.5 Å². The number of hydrogen-bond acceptors (Lipinski definition) is 3. The van der Waals surface area contributed by atoms with Crippen molar-refractivity contribution >= 4 is 5.91 Å². The van der Waals surface area contributed by atoms with E-state index in [0.717, 1.165) is 16.7 Å². The van der Waals surface area contributed by atoms with Crippen LogP contribution in [0.3, 0.4) is 0 Å². The van der Waals surface area contributed by atoms with E-state index < -0.39 is 0 Å². The van der Waals surface area contributed by atoms with Crippen LogP contribution in [-0.2, 0) is 24.3 Å². The lowest BCUT2D eigenvalue weighted by atomic mass is 10.1. The number of nitrogens with one attached hydrogen (secondary N) is 1. The lowest BCUT2D eigenvalue weighted by Crippen LogP contribution is -2.25. The maximum atomic E-state index is 11.9. The molecule has 0 aliphatic carbocycles. The van der Waals surface area contributed by atoms with Gasteiger partial charge in [-0.3, -0.25) is 4.79 Å². The van der Waals surface area contributed by atoms with Gasteiger partial charge in [0.05, 0.1) is 6.42 Å². The minimum Gasteiger partial charge on any atom is -0.508 e. The molecule has 2 aromatic carbocycles. The number of phenolic OH excluding ortho intramolecular Hbond substituents is 1. The van der Waals surface area contributed by atoms with Crippen LogP contribution in [0, 0.1) is 0 Å². The summed E-state index contributed by atoms with van der Waals surface area (Å²) in [6, 6.07) is 14.5. The Morgan fingerprint density at radius 3 is 2.55 bits per heavy atom. The Balaban J connectivity index is 1.92. The largest absolute Gasteiger partial charge is 0.508 e. The molecule has 4 nitrogen and oxygen atoms in total. The van der Waals surface area contributed by atoms with E-state index in [9.17, 15) is 9.90 Å². The Kier molecular flexibility index (Phi) is 4.74. The smallest absolute Gasteiger partial charge is 0.224 e. The topological polar surface area (TPSA) is 75.3 Å². The van der Waals surface area contributed by atoms with E-state index in [1.54, 1.807) is 18.2 Å². The molecule has 4 heteroatoms. The third kappa shape index (κ3) is 3.83. The summed E-state index contributed by atoms with van der Waals surface area (Å²) in [5.41, 5.74) is 8.50. The molecule has 2 aromatic rings. The number of amides is 1. The highest BCUT2D eigenvalue weighted by molar-refractivity contribution is 5.78. The molecule has 0 aliphatic heterocycles. The van der Waals surface area contributed by atoms with Crippen LogP contribution in [0.25, 0.3) is 0 Å². The van der Waals surface area contributed by atoms with E-state index in [-0.39, 0.29) is 18.1 Å². The van der Waals surface area contributed by atoms with Crippen LogP contribution in [-0.4, -0.2) is 11.0 Å². The molecule has 0 unspecified atom stereocenters. The van der Waals surface area contributed by atoms with E-state index in [2.05, 4.69) is 5.32 Å². The number of carbonyl (C=O) groups is 1. The SMILES string of the molecule is NCc1ccccc1CNC(=O)Cc1cccc(O)c1. The number of benzene rings is 2. The summed E-state index contributed by atoms with van der Waals surface area (Å²) in [5.74, 6) is 0.0891. The molecule has 4 N–H and O–H groups in total. The Bertz CT molecular complexity index is 597. The molecule has 2 rings (SSSR count). The molecule has 0 aliphatic rings. The van der Waals surface area contributed by atoms with E-state index in [1.807, 2.05) is 30.3 Å². The van der Waals surface area contributed by atoms with Crippen LogP contribution >= 0.6 is 0 Å². The molecule has 0 saturated carbocycles. The van der Waals surface area contributed by atoms with Gasteiger partial charge in [0.25, 0.3) is 0 Å². The summed E-state index contributed by atoms with van der Waals surface area (Å²) < 4.78 is 0. The first kappa shape index (κ1) is 14.1. The van der Waals surface area contributed by atoms with Gasteiger partial charge in [0.15, 0.2) is 0 Å². The Morgan fingerprint density at radius 1 is 1.10 bits per heavy atom. The number of carbonyl (C=O) groups excluding carboxylic acids is 1. The van der Waals surface area contributed by atoms with Gasteiger partial charge in [-0.05, 0) is 28.8 Å². The van der Waals surface area contributed by atoms with Crippen LogP contribution in [0.15, 0.2) is 48.5 Å². The van der Waals surface area contributed by atoms with E-state index in [0.29, 0.717) is 13.1 Å². The molecule has 0 fully saturated rings. The molecule has 0 saturated heterocycles. The number of rotatable bonds is 5. The molecule has 20 heavy (non-hydrogen) atoms. The van der Waals surface area contributed by atoms with Gasteiger partial charge in [0.2, 0.25) is 5.91 Å². The molecular weight excluding hydrogens is 252 g/mol. The second-order valence-electron chi connectivity index (χ2n) is 4.60. The van der Waals surface area contributed by atoms with Crippen molar-refractivity contribution in [3.05, 3.63) is 65.2 Å². The minimum atomic E-state index is -0.0811. The average molecular weight is 270 g/mol. The second kappa shape index (κ2) is 6.73. The molecule has 0 radical (unpaired) electrons. The lowest BCUT2D eigenvalue weighted by molar-refractivity contribution is -0.120. The van der Waals surface area contributed by atoms with Crippen LogP contribution in [0.2, 0.25) is 0 Å².